The van der Waals surface area contributed by atoms with Gasteiger partial charge in [0.25, 0.3) is 5.91 Å². The van der Waals surface area contributed by atoms with Gasteiger partial charge in [0.1, 0.15) is 11.6 Å². The predicted octanol–water partition coefficient (Wildman–Crippen LogP) is 2.47. The number of aromatic nitrogens is 1. The molecule has 2 fully saturated rings. The topological polar surface area (TPSA) is 67.6 Å². The van der Waals surface area contributed by atoms with Crippen molar-refractivity contribution in [3.8, 4) is 0 Å². The molecule has 2 aliphatic heterocycles. The van der Waals surface area contributed by atoms with E-state index in [0.717, 1.165) is 25.2 Å². The first-order valence-electron chi connectivity index (χ1n) is 8.30. The number of nitrogens with one attached hydrogen (secondary N) is 1. The van der Waals surface area contributed by atoms with Crippen LogP contribution in [0.25, 0.3) is 0 Å². The molecule has 2 aromatic rings. The largest absolute Gasteiger partial charge is 0.469 e. The number of carbonyl (C=O) groups excluding carboxylic acids is 1. The van der Waals surface area contributed by atoms with Crippen molar-refractivity contribution in [2.45, 2.75) is 31.4 Å². The number of carbonyl (C=O) groups is 1. The van der Waals surface area contributed by atoms with Gasteiger partial charge in [0, 0.05) is 19.2 Å². The van der Waals surface area contributed by atoms with Gasteiger partial charge in [-0.25, -0.2) is 4.98 Å². The van der Waals surface area contributed by atoms with E-state index >= 15 is 0 Å². The highest BCUT2D eigenvalue weighted by molar-refractivity contribution is 5.95. The first-order chi connectivity index (χ1) is 11.7. The van der Waals surface area contributed by atoms with Crippen molar-refractivity contribution in [1.82, 2.24) is 9.88 Å². The highest BCUT2D eigenvalue weighted by atomic mass is 16.5. The Morgan fingerprint density at radius 3 is 3.08 bits per heavy atom. The maximum Gasteiger partial charge on any atom is 0.257 e. The molecule has 0 unspecified atom stereocenters. The van der Waals surface area contributed by atoms with Crippen molar-refractivity contribution in [3.63, 3.8) is 0 Å². The average Bonchev–Trinajstić information content (AvgIpc) is 3.30. The zero-order valence-electron chi connectivity index (χ0n) is 13.7. The molecule has 24 heavy (non-hydrogen) atoms. The van der Waals surface area contributed by atoms with E-state index in [4.69, 9.17) is 9.15 Å². The number of ether oxygens (including phenoxy) is 1. The lowest BCUT2D eigenvalue weighted by Gasteiger charge is -2.23. The minimum absolute atomic E-state index is 0.0304. The number of aryl methyl sites for hydroxylation is 1. The first kappa shape index (κ1) is 15.2. The zero-order valence-corrected chi connectivity index (χ0v) is 13.7. The van der Waals surface area contributed by atoms with Crippen LogP contribution in [0.15, 0.2) is 41.1 Å². The molecule has 6 nitrogen and oxygen atoms in total. The number of amides is 1. The smallest absolute Gasteiger partial charge is 0.257 e. The van der Waals surface area contributed by atoms with E-state index in [1.54, 1.807) is 18.5 Å². The van der Waals surface area contributed by atoms with E-state index in [9.17, 15) is 4.79 Å². The Balaban J connectivity index is 1.40. The summed E-state index contributed by atoms with van der Waals surface area (Å²) in [6.07, 6.45) is 5.10. The molecular weight excluding hydrogens is 306 g/mol. The van der Waals surface area contributed by atoms with Crippen LogP contribution in [0.1, 0.15) is 29.0 Å². The minimum Gasteiger partial charge on any atom is -0.469 e. The second kappa shape index (κ2) is 5.94. The molecular formula is C18H21N3O3. The summed E-state index contributed by atoms with van der Waals surface area (Å²) in [4.78, 5) is 18.8. The van der Waals surface area contributed by atoms with E-state index in [1.807, 2.05) is 30.0 Å². The van der Waals surface area contributed by atoms with Crippen molar-refractivity contribution in [3.05, 3.63) is 48.0 Å². The van der Waals surface area contributed by atoms with Crippen LogP contribution in [0.5, 0.6) is 0 Å². The summed E-state index contributed by atoms with van der Waals surface area (Å²) >= 11 is 0. The van der Waals surface area contributed by atoms with Gasteiger partial charge in [-0.15, -0.1) is 0 Å². The first-order valence-corrected chi connectivity index (χ1v) is 8.30. The summed E-state index contributed by atoms with van der Waals surface area (Å²) in [5.74, 6) is 1.56. The average molecular weight is 327 g/mol. The second-order valence-corrected chi connectivity index (χ2v) is 6.62. The van der Waals surface area contributed by atoms with Gasteiger partial charge in [-0.2, -0.15) is 0 Å². The Morgan fingerprint density at radius 2 is 2.33 bits per heavy atom. The number of furan rings is 1. The fourth-order valence-corrected chi connectivity index (χ4v) is 3.67. The third-order valence-corrected chi connectivity index (χ3v) is 4.92. The molecule has 1 amide bonds. The van der Waals surface area contributed by atoms with Gasteiger partial charge in [0.15, 0.2) is 0 Å². The molecule has 2 aromatic heterocycles. The van der Waals surface area contributed by atoms with Gasteiger partial charge in [-0.1, -0.05) is 6.07 Å². The third kappa shape index (κ3) is 2.78. The molecule has 0 aromatic carbocycles. The quantitative estimate of drug-likeness (QED) is 0.938. The number of likely N-dealkylation sites (tertiary alicyclic amines) is 1. The lowest BCUT2D eigenvalue weighted by atomic mass is 9.97. The molecule has 0 radical (unpaired) electrons. The molecule has 6 heteroatoms. The van der Waals surface area contributed by atoms with Gasteiger partial charge in [-0.3, -0.25) is 4.79 Å². The molecule has 2 atom stereocenters. The molecule has 2 aliphatic rings. The summed E-state index contributed by atoms with van der Waals surface area (Å²) in [7, 11) is 0. The molecule has 0 saturated carbocycles. The predicted molar refractivity (Wildman–Crippen MR) is 88.9 cm³/mol. The van der Waals surface area contributed by atoms with Crippen LogP contribution in [-0.2, 0) is 4.74 Å². The maximum absolute atomic E-state index is 12.6. The van der Waals surface area contributed by atoms with E-state index in [-0.39, 0.29) is 17.6 Å². The summed E-state index contributed by atoms with van der Waals surface area (Å²) in [5, 5.41) is 3.42. The molecule has 1 N–H and O–H groups in total. The van der Waals surface area contributed by atoms with Crippen molar-refractivity contribution in [1.29, 1.82) is 0 Å². The molecule has 4 heterocycles. The van der Waals surface area contributed by atoms with E-state index < -0.39 is 0 Å². The Bertz CT molecular complexity index is 730. The van der Waals surface area contributed by atoms with Crippen molar-refractivity contribution in [2.75, 3.05) is 25.0 Å². The lowest BCUT2D eigenvalue weighted by molar-refractivity contribution is 0.0124. The third-order valence-electron chi connectivity index (χ3n) is 4.92. The second-order valence-electron chi connectivity index (χ2n) is 6.62. The Hall–Kier alpha value is -2.34. The van der Waals surface area contributed by atoms with Crippen LogP contribution >= 0.6 is 0 Å². The van der Waals surface area contributed by atoms with Gasteiger partial charge in [-0.05, 0) is 31.5 Å². The number of rotatable bonds is 3. The van der Waals surface area contributed by atoms with Crippen molar-refractivity contribution >= 4 is 11.7 Å². The van der Waals surface area contributed by atoms with E-state index in [1.165, 1.54) is 0 Å². The fourth-order valence-electron chi connectivity index (χ4n) is 3.67. The van der Waals surface area contributed by atoms with Crippen molar-refractivity contribution in [2.24, 2.45) is 0 Å². The molecule has 126 valence electrons. The van der Waals surface area contributed by atoms with Gasteiger partial charge in [0.05, 0.1) is 36.6 Å². The van der Waals surface area contributed by atoms with Gasteiger partial charge >= 0.3 is 0 Å². The summed E-state index contributed by atoms with van der Waals surface area (Å²) in [5.41, 5.74) is 0.410. The van der Waals surface area contributed by atoms with Crippen LogP contribution < -0.4 is 5.32 Å². The van der Waals surface area contributed by atoms with E-state index in [2.05, 4.69) is 10.3 Å². The Labute approximate surface area is 140 Å². The van der Waals surface area contributed by atoms with Gasteiger partial charge < -0.3 is 19.4 Å². The molecule has 0 aliphatic carbocycles. The Morgan fingerprint density at radius 1 is 1.42 bits per heavy atom. The zero-order chi connectivity index (χ0) is 16.6. The SMILES string of the molecule is Cc1occc1C(=O)N1CC[C@@]2(C[C@H](Nc3ccccn3)CO2)C1. The maximum atomic E-state index is 12.6. The van der Waals surface area contributed by atoms with Crippen LogP contribution in [0.3, 0.4) is 0 Å². The van der Waals surface area contributed by atoms with Crippen LogP contribution in [0.2, 0.25) is 0 Å². The summed E-state index contributed by atoms with van der Waals surface area (Å²) in [6, 6.07) is 7.78. The van der Waals surface area contributed by atoms with Crippen LogP contribution in [0, 0.1) is 6.92 Å². The van der Waals surface area contributed by atoms with E-state index in [0.29, 0.717) is 24.5 Å². The number of hydrogen-bond donors (Lipinski definition) is 1. The standard InChI is InChI=1S/C18H21N3O3/c1-13-15(5-9-23-13)17(22)21-8-6-18(12-21)10-14(11-24-18)20-16-4-2-3-7-19-16/h2-5,7,9,14H,6,8,10-12H2,1H3,(H,19,20)/t14-,18+/m0/s1. The summed E-state index contributed by atoms with van der Waals surface area (Å²) < 4.78 is 11.4. The minimum atomic E-state index is -0.236. The van der Waals surface area contributed by atoms with Crippen LogP contribution in [0.4, 0.5) is 5.82 Å². The normalized spacial score (nSPS) is 26.2. The number of hydrogen-bond acceptors (Lipinski definition) is 5. The van der Waals surface area contributed by atoms with Gasteiger partial charge in [0.2, 0.25) is 0 Å². The highest BCUT2D eigenvalue weighted by Gasteiger charge is 2.47. The monoisotopic (exact) mass is 327 g/mol. The Kier molecular flexibility index (Phi) is 3.76. The molecule has 4 rings (SSSR count). The highest BCUT2D eigenvalue weighted by Crippen LogP contribution is 2.36. The molecule has 0 bridgehead atoms. The summed E-state index contributed by atoms with van der Waals surface area (Å²) in [6.45, 7) is 3.82. The van der Waals surface area contributed by atoms with Crippen LogP contribution in [-0.4, -0.2) is 47.1 Å². The molecule has 2 saturated heterocycles. The number of nitrogens with zero attached hydrogens (tertiary/aromatic N) is 2. The lowest BCUT2D eigenvalue weighted by Crippen LogP contribution is -2.36. The molecule has 1 spiro atoms. The van der Waals surface area contributed by atoms with Crippen molar-refractivity contribution < 1.29 is 13.9 Å². The number of anilines is 1. The fraction of sp³-hybridized carbons (Fsp3) is 0.444. The number of pyridine rings is 1.